The maximum absolute atomic E-state index is 13.3. The third-order valence-corrected chi connectivity index (χ3v) is 5.40. The van der Waals surface area contributed by atoms with Crippen LogP contribution in [0.4, 0.5) is 0 Å². The van der Waals surface area contributed by atoms with Crippen molar-refractivity contribution >= 4 is 5.91 Å². The van der Waals surface area contributed by atoms with Gasteiger partial charge in [0.05, 0.1) is 44.3 Å². The summed E-state index contributed by atoms with van der Waals surface area (Å²) in [7, 11) is 3.24. The second-order valence-electron chi connectivity index (χ2n) is 7.32. The highest BCUT2D eigenvalue weighted by atomic mass is 16.5. The van der Waals surface area contributed by atoms with Gasteiger partial charge in [0.25, 0.3) is 5.91 Å². The molecule has 0 radical (unpaired) electrons. The standard InChI is InChI=1S/C24H27N3O4/c1-4-31-21-9-6-5-8-19(21)24(28)26-12-7-13-27-18(16-26)15-20(25-27)17-10-11-22(29-2)23(14-17)30-3/h5-6,8-11,14-15H,4,7,12-13,16H2,1-3H3. The number of hydrogen-bond donors (Lipinski definition) is 0. The van der Waals surface area contributed by atoms with Crippen LogP contribution >= 0.6 is 0 Å². The van der Waals surface area contributed by atoms with Crippen molar-refractivity contribution in [3.05, 3.63) is 59.8 Å². The largest absolute Gasteiger partial charge is 0.493 e. The molecular weight excluding hydrogens is 394 g/mol. The van der Waals surface area contributed by atoms with Gasteiger partial charge in [0, 0.05) is 18.7 Å². The van der Waals surface area contributed by atoms with E-state index in [1.54, 1.807) is 14.2 Å². The van der Waals surface area contributed by atoms with E-state index in [-0.39, 0.29) is 5.91 Å². The number of benzene rings is 2. The Labute approximate surface area is 182 Å². The number of aryl methyl sites for hydroxylation is 1. The predicted octanol–water partition coefficient (Wildman–Crippen LogP) is 4.01. The van der Waals surface area contributed by atoms with Crippen molar-refractivity contribution in [1.82, 2.24) is 14.7 Å². The molecule has 1 aliphatic rings. The number of carbonyl (C=O) groups excluding carboxylic acids is 1. The summed E-state index contributed by atoms with van der Waals surface area (Å²) in [6, 6.07) is 15.2. The third kappa shape index (κ3) is 4.21. The van der Waals surface area contributed by atoms with Crippen LogP contribution in [-0.2, 0) is 13.1 Å². The molecule has 2 aromatic carbocycles. The SMILES string of the molecule is CCOc1ccccc1C(=O)N1CCCn2nc(-c3ccc(OC)c(OC)c3)cc2C1. The second-order valence-corrected chi connectivity index (χ2v) is 7.32. The Morgan fingerprint density at radius 3 is 2.58 bits per heavy atom. The topological polar surface area (TPSA) is 65.8 Å². The van der Waals surface area contributed by atoms with Gasteiger partial charge in [0.2, 0.25) is 0 Å². The summed E-state index contributed by atoms with van der Waals surface area (Å²) >= 11 is 0. The molecule has 0 spiro atoms. The smallest absolute Gasteiger partial charge is 0.257 e. The Morgan fingerprint density at radius 1 is 1.00 bits per heavy atom. The van der Waals surface area contributed by atoms with Crippen LogP contribution in [0.5, 0.6) is 17.2 Å². The van der Waals surface area contributed by atoms with E-state index in [4.69, 9.17) is 19.3 Å². The Hall–Kier alpha value is -3.48. The van der Waals surface area contributed by atoms with Crippen LogP contribution in [0.1, 0.15) is 29.4 Å². The van der Waals surface area contributed by atoms with Gasteiger partial charge in [-0.15, -0.1) is 0 Å². The van der Waals surface area contributed by atoms with Gasteiger partial charge >= 0.3 is 0 Å². The monoisotopic (exact) mass is 421 g/mol. The van der Waals surface area contributed by atoms with E-state index < -0.39 is 0 Å². The van der Waals surface area contributed by atoms with Crippen molar-refractivity contribution in [2.45, 2.75) is 26.4 Å². The molecule has 0 aliphatic carbocycles. The van der Waals surface area contributed by atoms with Crippen LogP contribution in [0.15, 0.2) is 48.5 Å². The summed E-state index contributed by atoms with van der Waals surface area (Å²) in [4.78, 5) is 15.1. The molecule has 1 aliphatic heterocycles. The van der Waals surface area contributed by atoms with Crippen molar-refractivity contribution in [3.8, 4) is 28.5 Å². The van der Waals surface area contributed by atoms with Crippen LogP contribution in [0.2, 0.25) is 0 Å². The fraction of sp³-hybridized carbons (Fsp3) is 0.333. The number of rotatable bonds is 6. The summed E-state index contributed by atoms with van der Waals surface area (Å²) in [5, 5.41) is 4.78. The van der Waals surface area contributed by atoms with E-state index in [0.717, 1.165) is 29.9 Å². The minimum Gasteiger partial charge on any atom is -0.493 e. The summed E-state index contributed by atoms with van der Waals surface area (Å²) in [5.41, 5.74) is 3.39. The lowest BCUT2D eigenvalue weighted by atomic mass is 10.1. The van der Waals surface area contributed by atoms with Gasteiger partial charge in [-0.25, -0.2) is 0 Å². The molecule has 162 valence electrons. The number of para-hydroxylation sites is 1. The van der Waals surface area contributed by atoms with E-state index in [9.17, 15) is 4.79 Å². The number of amides is 1. The molecule has 4 rings (SSSR count). The molecule has 2 heterocycles. The van der Waals surface area contributed by atoms with E-state index >= 15 is 0 Å². The Bertz CT molecular complexity index is 1080. The molecule has 31 heavy (non-hydrogen) atoms. The normalized spacial score (nSPS) is 13.3. The molecule has 0 saturated carbocycles. The average molecular weight is 421 g/mol. The van der Waals surface area contributed by atoms with Crippen molar-refractivity contribution in [1.29, 1.82) is 0 Å². The highest BCUT2D eigenvalue weighted by molar-refractivity contribution is 5.97. The molecular formula is C24H27N3O4. The van der Waals surface area contributed by atoms with Gasteiger partial charge in [-0.1, -0.05) is 12.1 Å². The maximum atomic E-state index is 13.3. The van der Waals surface area contributed by atoms with Crippen LogP contribution < -0.4 is 14.2 Å². The minimum atomic E-state index is -0.0219. The van der Waals surface area contributed by atoms with Gasteiger partial charge in [-0.05, 0) is 49.7 Å². The summed E-state index contributed by atoms with van der Waals surface area (Å²) < 4.78 is 18.4. The van der Waals surface area contributed by atoms with E-state index in [2.05, 4.69) is 0 Å². The number of ether oxygens (including phenoxy) is 3. The number of carbonyl (C=O) groups is 1. The number of hydrogen-bond acceptors (Lipinski definition) is 5. The predicted molar refractivity (Wildman–Crippen MR) is 118 cm³/mol. The first-order valence-electron chi connectivity index (χ1n) is 10.4. The van der Waals surface area contributed by atoms with Crippen molar-refractivity contribution < 1.29 is 19.0 Å². The van der Waals surface area contributed by atoms with E-state index in [0.29, 0.717) is 42.5 Å². The first-order chi connectivity index (χ1) is 15.1. The quantitative estimate of drug-likeness (QED) is 0.602. The molecule has 0 N–H and O–H groups in total. The maximum Gasteiger partial charge on any atom is 0.257 e. The second kappa shape index (κ2) is 9.12. The molecule has 0 atom stereocenters. The van der Waals surface area contributed by atoms with E-state index in [1.807, 2.05) is 65.0 Å². The molecule has 7 heteroatoms. The number of aromatic nitrogens is 2. The zero-order valence-electron chi connectivity index (χ0n) is 18.1. The molecule has 3 aromatic rings. The van der Waals surface area contributed by atoms with Crippen molar-refractivity contribution in [2.75, 3.05) is 27.4 Å². The Balaban J connectivity index is 1.60. The summed E-state index contributed by atoms with van der Waals surface area (Å²) in [5.74, 6) is 1.94. The van der Waals surface area contributed by atoms with Crippen LogP contribution in [0.25, 0.3) is 11.3 Å². The third-order valence-electron chi connectivity index (χ3n) is 5.40. The van der Waals surface area contributed by atoms with Crippen LogP contribution in [-0.4, -0.2) is 48.0 Å². The highest BCUT2D eigenvalue weighted by Crippen LogP contribution is 2.32. The van der Waals surface area contributed by atoms with Gasteiger partial charge < -0.3 is 19.1 Å². The number of nitrogens with zero attached hydrogens (tertiary/aromatic N) is 3. The zero-order valence-corrected chi connectivity index (χ0v) is 18.1. The molecule has 1 amide bonds. The minimum absolute atomic E-state index is 0.0219. The lowest BCUT2D eigenvalue weighted by Gasteiger charge is -2.21. The number of methoxy groups -OCH3 is 2. The number of fused-ring (bicyclic) bond motifs is 1. The first-order valence-corrected chi connectivity index (χ1v) is 10.4. The van der Waals surface area contributed by atoms with Gasteiger partial charge in [0.1, 0.15) is 5.75 Å². The van der Waals surface area contributed by atoms with Crippen LogP contribution in [0.3, 0.4) is 0 Å². The molecule has 7 nitrogen and oxygen atoms in total. The lowest BCUT2D eigenvalue weighted by Crippen LogP contribution is -2.31. The van der Waals surface area contributed by atoms with Gasteiger partial charge in [-0.3, -0.25) is 9.48 Å². The molecule has 0 fully saturated rings. The molecule has 0 unspecified atom stereocenters. The molecule has 0 saturated heterocycles. The van der Waals surface area contributed by atoms with Gasteiger partial charge in [0.15, 0.2) is 11.5 Å². The lowest BCUT2D eigenvalue weighted by molar-refractivity contribution is 0.0741. The van der Waals surface area contributed by atoms with Crippen LogP contribution in [0, 0.1) is 0 Å². The highest BCUT2D eigenvalue weighted by Gasteiger charge is 2.24. The first kappa shape index (κ1) is 20.8. The molecule has 0 bridgehead atoms. The Morgan fingerprint density at radius 2 is 1.81 bits per heavy atom. The zero-order chi connectivity index (χ0) is 21.8. The molecule has 1 aromatic heterocycles. The van der Waals surface area contributed by atoms with Gasteiger partial charge in [-0.2, -0.15) is 5.10 Å². The fourth-order valence-corrected chi connectivity index (χ4v) is 3.87. The summed E-state index contributed by atoms with van der Waals surface area (Å²) in [6.07, 6.45) is 0.836. The van der Waals surface area contributed by atoms with Crippen molar-refractivity contribution in [2.24, 2.45) is 0 Å². The van der Waals surface area contributed by atoms with Crippen molar-refractivity contribution in [3.63, 3.8) is 0 Å². The van der Waals surface area contributed by atoms with E-state index in [1.165, 1.54) is 0 Å². The average Bonchev–Trinajstić information content (AvgIpc) is 3.10. The fourth-order valence-electron chi connectivity index (χ4n) is 3.87. The summed E-state index contributed by atoms with van der Waals surface area (Å²) in [6.45, 7) is 4.38. The Kier molecular flexibility index (Phi) is 6.11.